The summed E-state index contributed by atoms with van der Waals surface area (Å²) >= 11 is 0. The third-order valence-corrected chi connectivity index (χ3v) is 3.67. The van der Waals surface area contributed by atoms with Gasteiger partial charge in [-0.2, -0.15) is 0 Å². The van der Waals surface area contributed by atoms with Gasteiger partial charge in [0, 0.05) is 24.4 Å². The van der Waals surface area contributed by atoms with Crippen molar-refractivity contribution in [2.75, 3.05) is 26.3 Å². The summed E-state index contributed by atoms with van der Waals surface area (Å²) in [4.78, 5) is 27.0. The van der Waals surface area contributed by atoms with Gasteiger partial charge in [-0.25, -0.2) is 4.79 Å². The largest absolute Gasteiger partial charge is 0.444 e. The first-order chi connectivity index (χ1) is 10.1. The SMILES string of the molecule is CC1CN(C2=CC=C(N3CCOCC3=O)C=CC2)C(=O)O1. The molecule has 2 fully saturated rings. The van der Waals surface area contributed by atoms with E-state index < -0.39 is 0 Å². The lowest BCUT2D eigenvalue weighted by molar-refractivity contribution is -0.139. The standard InChI is InChI=1S/C15H18N2O4/c1-11-9-17(15(19)21-11)13-4-2-3-12(5-6-13)16-7-8-20-10-14(16)18/h2-3,5-6,11H,4,7-10H2,1H3. The molecule has 6 heteroatoms. The zero-order chi connectivity index (χ0) is 14.8. The fraction of sp³-hybridized carbons (Fsp3) is 0.467. The molecule has 1 unspecified atom stereocenters. The van der Waals surface area contributed by atoms with Gasteiger partial charge in [-0.05, 0) is 25.2 Å². The first-order valence-corrected chi connectivity index (χ1v) is 7.09. The molecule has 6 nitrogen and oxygen atoms in total. The van der Waals surface area contributed by atoms with Crippen LogP contribution in [0.3, 0.4) is 0 Å². The van der Waals surface area contributed by atoms with Crippen LogP contribution in [-0.4, -0.2) is 54.2 Å². The van der Waals surface area contributed by atoms with E-state index in [2.05, 4.69) is 0 Å². The van der Waals surface area contributed by atoms with Gasteiger partial charge < -0.3 is 14.4 Å². The number of rotatable bonds is 2. The molecule has 21 heavy (non-hydrogen) atoms. The maximum absolute atomic E-state index is 11.9. The summed E-state index contributed by atoms with van der Waals surface area (Å²) in [5.41, 5.74) is 1.72. The minimum atomic E-state index is -0.304. The third kappa shape index (κ3) is 2.85. The van der Waals surface area contributed by atoms with Gasteiger partial charge in [0.05, 0.1) is 13.2 Å². The summed E-state index contributed by atoms with van der Waals surface area (Å²) in [6, 6.07) is 0. The highest BCUT2D eigenvalue weighted by molar-refractivity contribution is 5.80. The Balaban J connectivity index is 1.79. The number of carbonyl (C=O) groups is 2. The highest BCUT2D eigenvalue weighted by atomic mass is 16.6. The molecule has 2 aliphatic heterocycles. The van der Waals surface area contributed by atoms with E-state index in [0.717, 1.165) is 11.4 Å². The number of hydrogen-bond donors (Lipinski definition) is 0. The molecular weight excluding hydrogens is 272 g/mol. The Hall–Kier alpha value is -2.08. The summed E-state index contributed by atoms with van der Waals surface area (Å²) in [7, 11) is 0. The molecular formula is C15H18N2O4. The van der Waals surface area contributed by atoms with E-state index >= 15 is 0 Å². The fourth-order valence-electron chi connectivity index (χ4n) is 2.62. The van der Waals surface area contributed by atoms with E-state index in [1.54, 1.807) is 9.80 Å². The van der Waals surface area contributed by atoms with Crippen LogP contribution in [0.4, 0.5) is 4.79 Å². The van der Waals surface area contributed by atoms with Gasteiger partial charge in [0.1, 0.15) is 12.7 Å². The molecule has 0 aromatic heterocycles. The Kier molecular flexibility index (Phi) is 3.79. The molecule has 0 saturated carbocycles. The van der Waals surface area contributed by atoms with Crippen LogP contribution in [-0.2, 0) is 14.3 Å². The van der Waals surface area contributed by atoms with Crippen molar-refractivity contribution in [3.05, 3.63) is 35.7 Å². The van der Waals surface area contributed by atoms with Crippen molar-refractivity contribution in [1.29, 1.82) is 0 Å². The van der Waals surface area contributed by atoms with Gasteiger partial charge in [-0.15, -0.1) is 0 Å². The molecule has 2 heterocycles. The first kappa shape index (κ1) is 13.9. The fourth-order valence-corrected chi connectivity index (χ4v) is 2.62. The van der Waals surface area contributed by atoms with Gasteiger partial charge >= 0.3 is 6.09 Å². The van der Waals surface area contributed by atoms with Gasteiger partial charge in [-0.1, -0.05) is 6.08 Å². The highest BCUT2D eigenvalue weighted by Gasteiger charge is 2.30. The predicted molar refractivity (Wildman–Crippen MR) is 75.1 cm³/mol. The van der Waals surface area contributed by atoms with Crippen LogP contribution in [0.5, 0.6) is 0 Å². The molecule has 3 aliphatic rings. The topological polar surface area (TPSA) is 59.1 Å². The molecule has 0 aromatic rings. The van der Waals surface area contributed by atoms with Crippen molar-refractivity contribution in [1.82, 2.24) is 9.80 Å². The summed E-state index contributed by atoms with van der Waals surface area (Å²) in [5, 5.41) is 0. The molecule has 3 rings (SSSR count). The molecule has 0 N–H and O–H groups in total. The van der Waals surface area contributed by atoms with E-state index in [9.17, 15) is 9.59 Å². The summed E-state index contributed by atoms with van der Waals surface area (Å²) in [6.07, 6.45) is 7.88. The molecule has 2 saturated heterocycles. The number of cyclic esters (lactones) is 1. The Morgan fingerprint density at radius 3 is 2.81 bits per heavy atom. The number of nitrogens with zero attached hydrogens (tertiary/aromatic N) is 2. The number of morpholine rings is 1. The van der Waals surface area contributed by atoms with Gasteiger partial charge in [-0.3, -0.25) is 9.69 Å². The first-order valence-electron chi connectivity index (χ1n) is 7.09. The number of hydrogen-bond acceptors (Lipinski definition) is 4. The van der Waals surface area contributed by atoms with Crippen molar-refractivity contribution >= 4 is 12.0 Å². The quantitative estimate of drug-likeness (QED) is 0.771. The summed E-state index contributed by atoms with van der Waals surface area (Å²) < 4.78 is 10.3. The van der Waals surface area contributed by atoms with Gasteiger partial charge in [0.25, 0.3) is 5.91 Å². The van der Waals surface area contributed by atoms with Crippen LogP contribution in [0.15, 0.2) is 35.7 Å². The van der Waals surface area contributed by atoms with Crippen LogP contribution >= 0.6 is 0 Å². The number of amides is 2. The maximum atomic E-state index is 11.9. The van der Waals surface area contributed by atoms with Crippen molar-refractivity contribution in [3.8, 4) is 0 Å². The lowest BCUT2D eigenvalue weighted by Gasteiger charge is -2.27. The van der Waals surface area contributed by atoms with Crippen molar-refractivity contribution in [2.45, 2.75) is 19.4 Å². The zero-order valence-electron chi connectivity index (χ0n) is 11.9. The molecule has 1 aliphatic carbocycles. The van der Waals surface area contributed by atoms with Crippen LogP contribution in [0.1, 0.15) is 13.3 Å². The second kappa shape index (κ2) is 5.73. The average molecular weight is 290 g/mol. The Morgan fingerprint density at radius 2 is 2.10 bits per heavy atom. The van der Waals surface area contributed by atoms with Gasteiger partial charge in [0.2, 0.25) is 0 Å². The lowest BCUT2D eigenvalue weighted by atomic mass is 10.2. The molecule has 0 spiro atoms. The second-order valence-corrected chi connectivity index (χ2v) is 5.26. The van der Waals surface area contributed by atoms with E-state index in [1.165, 1.54) is 0 Å². The zero-order valence-corrected chi connectivity index (χ0v) is 11.9. The number of ether oxygens (including phenoxy) is 2. The lowest BCUT2D eigenvalue weighted by Crippen LogP contribution is -2.40. The normalized spacial score (nSPS) is 26.4. The Labute approximate surface area is 123 Å². The maximum Gasteiger partial charge on any atom is 0.414 e. The van der Waals surface area contributed by atoms with E-state index in [-0.39, 0.29) is 24.7 Å². The third-order valence-electron chi connectivity index (χ3n) is 3.67. The van der Waals surface area contributed by atoms with E-state index in [0.29, 0.717) is 26.1 Å². The van der Waals surface area contributed by atoms with E-state index in [4.69, 9.17) is 9.47 Å². The monoisotopic (exact) mass is 290 g/mol. The highest BCUT2D eigenvalue weighted by Crippen LogP contribution is 2.23. The Morgan fingerprint density at radius 1 is 1.24 bits per heavy atom. The molecule has 0 bridgehead atoms. The van der Waals surface area contributed by atoms with Crippen molar-refractivity contribution in [3.63, 3.8) is 0 Å². The molecule has 0 radical (unpaired) electrons. The minimum Gasteiger partial charge on any atom is -0.444 e. The Bertz CT molecular complexity index is 550. The van der Waals surface area contributed by atoms with Crippen molar-refractivity contribution < 1.29 is 19.1 Å². The number of allylic oxidation sites excluding steroid dienone is 4. The smallest absolute Gasteiger partial charge is 0.414 e. The minimum absolute atomic E-state index is 0.0387. The number of carbonyl (C=O) groups excluding carboxylic acids is 2. The van der Waals surface area contributed by atoms with Crippen LogP contribution < -0.4 is 0 Å². The summed E-state index contributed by atoms with van der Waals surface area (Å²) in [5.74, 6) is -0.0387. The van der Waals surface area contributed by atoms with E-state index in [1.807, 2.05) is 31.2 Å². The molecule has 2 amide bonds. The molecule has 1 atom stereocenters. The second-order valence-electron chi connectivity index (χ2n) is 5.26. The van der Waals surface area contributed by atoms with Crippen molar-refractivity contribution in [2.24, 2.45) is 0 Å². The predicted octanol–water partition coefficient (Wildman–Crippen LogP) is 1.41. The summed E-state index contributed by atoms with van der Waals surface area (Å²) in [6.45, 7) is 3.67. The average Bonchev–Trinajstić information content (AvgIpc) is 2.67. The van der Waals surface area contributed by atoms with Crippen LogP contribution in [0.25, 0.3) is 0 Å². The van der Waals surface area contributed by atoms with Crippen LogP contribution in [0, 0.1) is 0 Å². The molecule has 0 aromatic carbocycles. The molecule has 112 valence electrons. The van der Waals surface area contributed by atoms with Gasteiger partial charge in [0.15, 0.2) is 0 Å². The van der Waals surface area contributed by atoms with Crippen LogP contribution in [0.2, 0.25) is 0 Å².